The Morgan fingerprint density at radius 3 is 2.42 bits per heavy atom. The van der Waals surface area contributed by atoms with Crippen LogP contribution in [0.4, 0.5) is 5.69 Å². The molecule has 1 aliphatic rings. The van der Waals surface area contributed by atoms with Gasteiger partial charge in [-0.05, 0) is 36.4 Å². The summed E-state index contributed by atoms with van der Waals surface area (Å²) in [6, 6.07) is 14.8. The van der Waals surface area contributed by atoms with E-state index in [-0.39, 0.29) is 5.69 Å². The summed E-state index contributed by atoms with van der Waals surface area (Å²) in [4.78, 5) is 17.2. The zero-order chi connectivity index (χ0) is 17.5. The third-order valence-electron chi connectivity index (χ3n) is 4.39. The lowest BCUT2D eigenvalue weighted by molar-refractivity contribution is 0.550. The number of nitrogens with zero attached hydrogens (tertiary/aromatic N) is 1. The fraction of sp³-hybridized carbons (Fsp3) is 0.0476. The van der Waals surface area contributed by atoms with E-state index >= 15 is 0 Å². The molecule has 126 valence electrons. The first-order valence-electron chi connectivity index (χ1n) is 8.21. The van der Waals surface area contributed by atoms with Crippen molar-refractivity contribution in [3.63, 3.8) is 0 Å². The number of hydrogen-bond acceptors (Lipinski definition) is 5. The van der Waals surface area contributed by atoms with Crippen LogP contribution in [0.2, 0.25) is 0 Å². The quantitative estimate of drug-likeness (QED) is 0.478. The molecule has 5 nitrogen and oxygen atoms in total. The molecule has 0 radical (unpaired) electrons. The van der Waals surface area contributed by atoms with Crippen molar-refractivity contribution in [1.29, 1.82) is 0 Å². The van der Waals surface area contributed by atoms with E-state index in [9.17, 15) is 4.79 Å². The molecule has 0 spiro atoms. The van der Waals surface area contributed by atoms with Crippen molar-refractivity contribution in [3.8, 4) is 0 Å². The predicted molar refractivity (Wildman–Crippen MR) is 98.6 cm³/mol. The van der Waals surface area contributed by atoms with Crippen molar-refractivity contribution in [2.75, 3.05) is 0 Å². The van der Waals surface area contributed by atoms with Crippen molar-refractivity contribution in [1.82, 2.24) is 0 Å². The molecule has 0 amide bonds. The van der Waals surface area contributed by atoms with Crippen LogP contribution >= 0.6 is 0 Å². The lowest BCUT2D eigenvalue weighted by Crippen LogP contribution is -2.03. The van der Waals surface area contributed by atoms with E-state index in [0.29, 0.717) is 23.5 Å². The summed E-state index contributed by atoms with van der Waals surface area (Å²) in [7, 11) is 0. The molecule has 1 aromatic carbocycles. The number of allylic oxidation sites excluding steroid dienone is 1. The number of hydrogen-bond donors (Lipinski definition) is 0. The van der Waals surface area contributed by atoms with E-state index in [0.717, 1.165) is 22.3 Å². The lowest BCUT2D eigenvalue weighted by atomic mass is 10.0. The summed E-state index contributed by atoms with van der Waals surface area (Å²) in [6.45, 7) is 0. The first-order chi connectivity index (χ1) is 12.8. The summed E-state index contributed by atoms with van der Waals surface area (Å²) in [5, 5.41) is 0.829. The second-order valence-corrected chi connectivity index (χ2v) is 6.01. The van der Waals surface area contributed by atoms with Crippen LogP contribution in [-0.2, 0) is 0 Å². The third-order valence-corrected chi connectivity index (χ3v) is 4.39. The predicted octanol–water partition coefficient (Wildman–Crippen LogP) is 5.04. The van der Waals surface area contributed by atoms with Gasteiger partial charge in [-0.15, -0.1) is 0 Å². The van der Waals surface area contributed by atoms with Gasteiger partial charge in [0.15, 0.2) is 5.69 Å². The highest BCUT2D eigenvalue weighted by Gasteiger charge is 2.22. The van der Waals surface area contributed by atoms with Gasteiger partial charge in [0.1, 0.15) is 17.1 Å². The highest BCUT2D eigenvalue weighted by atomic mass is 16.4. The molecule has 1 aliphatic heterocycles. The molecular weight excluding hydrogens is 330 g/mol. The van der Waals surface area contributed by atoms with Gasteiger partial charge < -0.3 is 13.3 Å². The molecule has 26 heavy (non-hydrogen) atoms. The van der Waals surface area contributed by atoms with Crippen LogP contribution in [0.1, 0.15) is 23.5 Å². The topological polar surface area (TPSA) is 68.8 Å². The number of rotatable bonds is 2. The Balaban J connectivity index is 1.86. The molecule has 0 N–H and O–H groups in total. The number of fused-ring (bicyclic) bond motifs is 3. The molecule has 4 aromatic rings. The molecular formula is C21H13NO4. The number of para-hydroxylation sites is 1. The van der Waals surface area contributed by atoms with Gasteiger partial charge in [-0.25, -0.2) is 9.79 Å². The summed E-state index contributed by atoms with van der Waals surface area (Å²) in [5.74, 6) is 1.34. The fourth-order valence-corrected chi connectivity index (χ4v) is 3.20. The van der Waals surface area contributed by atoms with E-state index in [1.807, 2.05) is 42.5 Å². The van der Waals surface area contributed by atoms with Crippen LogP contribution in [0.3, 0.4) is 0 Å². The molecule has 0 saturated heterocycles. The normalized spacial score (nSPS) is 13.8. The summed E-state index contributed by atoms with van der Waals surface area (Å²) in [6.07, 6.45) is 5.64. The molecule has 0 bridgehead atoms. The van der Waals surface area contributed by atoms with E-state index in [2.05, 4.69) is 4.99 Å². The third kappa shape index (κ3) is 2.33. The van der Waals surface area contributed by atoms with Gasteiger partial charge in [-0.3, -0.25) is 0 Å². The van der Waals surface area contributed by atoms with Crippen LogP contribution in [-0.4, -0.2) is 5.71 Å². The Morgan fingerprint density at radius 2 is 1.65 bits per heavy atom. The average Bonchev–Trinajstić information content (AvgIpc) is 3.33. The van der Waals surface area contributed by atoms with Gasteiger partial charge in [-0.1, -0.05) is 18.2 Å². The largest absolute Gasteiger partial charge is 0.465 e. The van der Waals surface area contributed by atoms with Gasteiger partial charge in [0, 0.05) is 22.9 Å². The minimum Gasteiger partial charge on any atom is -0.465 e. The van der Waals surface area contributed by atoms with Crippen LogP contribution < -0.4 is 5.63 Å². The van der Waals surface area contributed by atoms with Gasteiger partial charge >= 0.3 is 5.63 Å². The van der Waals surface area contributed by atoms with Gasteiger partial charge in [0.25, 0.3) is 0 Å². The highest BCUT2D eigenvalue weighted by molar-refractivity contribution is 6.11. The van der Waals surface area contributed by atoms with Crippen molar-refractivity contribution in [2.45, 2.75) is 6.42 Å². The fourth-order valence-electron chi connectivity index (χ4n) is 3.20. The maximum Gasteiger partial charge on any atom is 0.363 e. The Labute approximate surface area is 147 Å². The minimum absolute atomic E-state index is 0.275. The molecule has 0 unspecified atom stereocenters. The molecule has 4 heterocycles. The molecule has 0 aliphatic carbocycles. The molecule has 0 atom stereocenters. The highest BCUT2D eigenvalue weighted by Crippen LogP contribution is 2.35. The smallest absolute Gasteiger partial charge is 0.363 e. The Bertz CT molecular complexity index is 1210. The van der Waals surface area contributed by atoms with Crippen molar-refractivity contribution in [2.24, 2.45) is 4.99 Å². The maximum absolute atomic E-state index is 12.6. The van der Waals surface area contributed by atoms with E-state index in [1.54, 1.807) is 24.7 Å². The van der Waals surface area contributed by atoms with Crippen LogP contribution in [0.5, 0.6) is 0 Å². The second-order valence-electron chi connectivity index (χ2n) is 6.01. The van der Waals surface area contributed by atoms with Gasteiger partial charge in [0.05, 0.1) is 18.2 Å². The minimum atomic E-state index is -0.472. The second kappa shape index (κ2) is 5.74. The van der Waals surface area contributed by atoms with Crippen molar-refractivity contribution >= 4 is 34.0 Å². The summed E-state index contributed by atoms with van der Waals surface area (Å²) >= 11 is 0. The van der Waals surface area contributed by atoms with Gasteiger partial charge in [-0.2, -0.15) is 0 Å². The molecule has 0 fully saturated rings. The van der Waals surface area contributed by atoms with Gasteiger partial charge in [0.2, 0.25) is 0 Å². The van der Waals surface area contributed by atoms with E-state index < -0.39 is 5.63 Å². The van der Waals surface area contributed by atoms with Crippen LogP contribution in [0.25, 0.3) is 22.6 Å². The van der Waals surface area contributed by atoms with Crippen LogP contribution in [0, 0.1) is 0 Å². The number of aliphatic imine (C=N–C) groups is 1. The molecule has 5 rings (SSSR count). The Kier molecular flexibility index (Phi) is 3.25. The molecule has 5 heteroatoms. The molecule has 3 aromatic heterocycles. The average molecular weight is 343 g/mol. The maximum atomic E-state index is 12.6. The number of furan rings is 2. The Hall–Kier alpha value is -3.60. The Morgan fingerprint density at radius 1 is 0.885 bits per heavy atom. The van der Waals surface area contributed by atoms with Crippen LogP contribution in [0.15, 0.2) is 84.1 Å². The van der Waals surface area contributed by atoms with E-state index in [4.69, 9.17) is 13.3 Å². The summed E-state index contributed by atoms with van der Waals surface area (Å²) in [5.41, 5.74) is 2.63. The van der Waals surface area contributed by atoms with Crippen molar-refractivity contribution < 1.29 is 13.3 Å². The standard InChI is InChI=1S/C21H13NO4/c23-21-20-15(14-5-1-2-6-18(14)26-21)11-13(17-7-3-9-24-17)12-16(22-20)19-8-4-10-25-19/h1-11H,12H2. The zero-order valence-electron chi connectivity index (χ0n) is 13.6. The molecule has 0 saturated carbocycles. The van der Waals surface area contributed by atoms with Crippen molar-refractivity contribution in [3.05, 3.63) is 88.6 Å². The first-order valence-corrected chi connectivity index (χ1v) is 8.21. The van der Waals surface area contributed by atoms with E-state index in [1.165, 1.54) is 0 Å². The lowest BCUT2D eigenvalue weighted by Gasteiger charge is -2.04. The monoisotopic (exact) mass is 343 g/mol. The first kappa shape index (κ1) is 14.7. The summed E-state index contributed by atoms with van der Waals surface area (Å²) < 4.78 is 16.6. The number of benzene rings is 1. The SMILES string of the molecule is O=c1oc2ccccc2c2c1N=C(c1ccco1)CC(c1ccco1)=C2. The zero-order valence-corrected chi connectivity index (χ0v) is 13.6.